The van der Waals surface area contributed by atoms with Crippen molar-refractivity contribution in [2.24, 2.45) is 4.99 Å². The molecule has 0 bridgehead atoms. The van der Waals surface area contributed by atoms with Gasteiger partial charge in [0.2, 0.25) is 10.0 Å². The van der Waals surface area contributed by atoms with Crippen LogP contribution in [-0.4, -0.2) is 59.5 Å². The average Bonchev–Trinajstić information content (AvgIpc) is 3.19. The van der Waals surface area contributed by atoms with Crippen molar-refractivity contribution in [2.45, 2.75) is 44.6 Å². The first-order valence-electron chi connectivity index (χ1n) is 9.40. The predicted octanol–water partition coefficient (Wildman–Crippen LogP) is 2.30. The van der Waals surface area contributed by atoms with E-state index in [1.165, 1.54) is 4.88 Å². The van der Waals surface area contributed by atoms with Crippen LogP contribution in [0.5, 0.6) is 0 Å². The van der Waals surface area contributed by atoms with E-state index in [-0.39, 0.29) is 41.2 Å². The van der Waals surface area contributed by atoms with Crippen molar-refractivity contribution in [3.63, 3.8) is 0 Å². The molecule has 1 aliphatic rings. The predicted molar refractivity (Wildman–Crippen MR) is 128 cm³/mol. The minimum Gasteiger partial charge on any atom is -0.377 e. The van der Waals surface area contributed by atoms with Crippen LogP contribution >= 0.6 is 35.3 Å². The van der Waals surface area contributed by atoms with Gasteiger partial charge < -0.3 is 15.4 Å². The summed E-state index contributed by atoms with van der Waals surface area (Å²) in [4.78, 5) is 5.47. The van der Waals surface area contributed by atoms with E-state index in [2.05, 4.69) is 45.6 Å². The molecule has 2 heterocycles. The highest BCUT2D eigenvalue weighted by Gasteiger charge is 2.22. The molecule has 162 valence electrons. The molecule has 0 radical (unpaired) electrons. The number of sulfonamides is 1. The van der Waals surface area contributed by atoms with Gasteiger partial charge in [-0.3, -0.25) is 4.99 Å². The van der Waals surface area contributed by atoms with E-state index >= 15 is 0 Å². The smallest absolute Gasteiger partial charge is 0.213 e. The van der Waals surface area contributed by atoms with Crippen molar-refractivity contribution in [1.82, 2.24) is 15.4 Å². The fourth-order valence-electron chi connectivity index (χ4n) is 2.84. The topological polar surface area (TPSA) is 91.8 Å². The molecular weight excluding hydrogens is 511 g/mol. The molecule has 1 aromatic heterocycles. The van der Waals surface area contributed by atoms with Gasteiger partial charge in [-0.1, -0.05) is 19.9 Å². The molecule has 7 nitrogen and oxygen atoms in total. The Morgan fingerprint density at radius 1 is 1.36 bits per heavy atom. The largest absolute Gasteiger partial charge is 0.377 e. The minimum atomic E-state index is -3.34. The molecule has 1 fully saturated rings. The van der Waals surface area contributed by atoms with Crippen LogP contribution in [-0.2, 0) is 20.2 Å². The van der Waals surface area contributed by atoms with E-state index in [1.807, 2.05) is 6.07 Å². The van der Waals surface area contributed by atoms with Gasteiger partial charge in [0, 0.05) is 43.6 Å². The second kappa shape index (κ2) is 12.3. The van der Waals surface area contributed by atoms with Crippen molar-refractivity contribution in [3.8, 4) is 0 Å². The highest BCUT2D eigenvalue weighted by Crippen LogP contribution is 2.26. The molecule has 10 heteroatoms. The maximum Gasteiger partial charge on any atom is 0.213 e. The third-order valence-electron chi connectivity index (χ3n) is 4.58. The second-order valence-corrected chi connectivity index (χ2v) is 10.2. The van der Waals surface area contributed by atoms with E-state index in [9.17, 15) is 8.42 Å². The van der Waals surface area contributed by atoms with Crippen molar-refractivity contribution in [1.29, 1.82) is 0 Å². The molecule has 1 aromatic rings. The highest BCUT2D eigenvalue weighted by atomic mass is 127. The van der Waals surface area contributed by atoms with E-state index < -0.39 is 10.0 Å². The van der Waals surface area contributed by atoms with Crippen molar-refractivity contribution in [3.05, 3.63) is 22.4 Å². The van der Waals surface area contributed by atoms with Crippen LogP contribution in [0, 0.1) is 0 Å². The Bertz CT molecular complexity index is 688. The Balaban J connectivity index is 0.00000392. The quantitative estimate of drug-likeness (QED) is 0.252. The summed E-state index contributed by atoms with van der Waals surface area (Å²) >= 11 is 1.73. The number of halogens is 1. The normalized spacial score (nSPS) is 18.4. The SMILES string of the molecule is CN=C(NCCS(=O)(=O)NCC1CCCCO1)NCC(C)(C)c1cccs1.I. The zero-order valence-corrected chi connectivity index (χ0v) is 20.8. The Labute approximate surface area is 190 Å². The first-order valence-corrected chi connectivity index (χ1v) is 11.9. The fourth-order valence-corrected chi connectivity index (χ4v) is 4.65. The van der Waals surface area contributed by atoms with Crippen molar-refractivity contribution >= 4 is 51.3 Å². The minimum absolute atomic E-state index is 0. The molecule has 1 atom stereocenters. The van der Waals surface area contributed by atoms with Crippen LogP contribution in [0.25, 0.3) is 0 Å². The van der Waals surface area contributed by atoms with Crippen LogP contribution in [0.1, 0.15) is 38.0 Å². The number of rotatable bonds is 9. The summed E-state index contributed by atoms with van der Waals surface area (Å²) in [7, 11) is -1.66. The van der Waals surface area contributed by atoms with Gasteiger partial charge in [0.25, 0.3) is 0 Å². The molecule has 1 saturated heterocycles. The number of aliphatic imine (C=N–C) groups is 1. The number of nitrogens with zero attached hydrogens (tertiary/aromatic N) is 1. The fraction of sp³-hybridized carbons (Fsp3) is 0.722. The van der Waals surface area contributed by atoms with Crippen LogP contribution in [0.2, 0.25) is 0 Å². The molecular formula is C18H33IN4O3S2. The Morgan fingerprint density at radius 2 is 2.14 bits per heavy atom. The summed E-state index contributed by atoms with van der Waals surface area (Å²) in [6.07, 6.45) is 3.06. The molecule has 0 aromatic carbocycles. The lowest BCUT2D eigenvalue weighted by Crippen LogP contribution is -2.45. The Kier molecular flexibility index (Phi) is 11.3. The molecule has 2 rings (SSSR count). The van der Waals surface area contributed by atoms with Gasteiger partial charge in [-0.15, -0.1) is 35.3 Å². The van der Waals surface area contributed by atoms with E-state index in [0.717, 1.165) is 25.9 Å². The molecule has 28 heavy (non-hydrogen) atoms. The average molecular weight is 545 g/mol. The molecule has 3 N–H and O–H groups in total. The summed E-state index contributed by atoms with van der Waals surface area (Å²) in [5, 5.41) is 8.42. The number of guanidine groups is 1. The maximum absolute atomic E-state index is 12.2. The Morgan fingerprint density at radius 3 is 2.75 bits per heavy atom. The van der Waals surface area contributed by atoms with Gasteiger partial charge in [0.05, 0.1) is 11.9 Å². The maximum atomic E-state index is 12.2. The molecule has 0 amide bonds. The van der Waals surface area contributed by atoms with E-state index in [0.29, 0.717) is 25.6 Å². The lowest BCUT2D eigenvalue weighted by atomic mass is 9.91. The number of hydrogen-bond acceptors (Lipinski definition) is 5. The molecule has 0 saturated carbocycles. The van der Waals surface area contributed by atoms with Crippen LogP contribution in [0.3, 0.4) is 0 Å². The first kappa shape index (κ1) is 25.6. The zero-order valence-electron chi connectivity index (χ0n) is 16.9. The first-order chi connectivity index (χ1) is 12.8. The molecule has 0 aliphatic carbocycles. The van der Waals surface area contributed by atoms with Crippen LogP contribution in [0.4, 0.5) is 0 Å². The van der Waals surface area contributed by atoms with Crippen LogP contribution < -0.4 is 15.4 Å². The van der Waals surface area contributed by atoms with Gasteiger partial charge in [0.1, 0.15) is 0 Å². The van der Waals surface area contributed by atoms with Gasteiger partial charge in [-0.05, 0) is 30.7 Å². The highest BCUT2D eigenvalue weighted by molar-refractivity contribution is 14.0. The lowest BCUT2D eigenvalue weighted by molar-refractivity contribution is 0.0200. The third kappa shape index (κ3) is 8.93. The molecule has 0 spiro atoms. The van der Waals surface area contributed by atoms with Crippen LogP contribution in [0.15, 0.2) is 22.5 Å². The summed E-state index contributed by atoms with van der Waals surface area (Å²) in [5.41, 5.74) is -0.0284. The monoisotopic (exact) mass is 544 g/mol. The van der Waals surface area contributed by atoms with Gasteiger partial charge >= 0.3 is 0 Å². The zero-order chi connectivity index (χ0) is 19.8. The molecule has 1 unspecified atom stereocenters. The summed E-state index contributed by atoms with van der Waals surface area (Å²) < 4.78 is 32.5. The number of ether oxygens (including phenoxy) is 1. The third-order valence-corrected chi connectivity index (χ3v) is 7.16. The number of thiophene rings is 1. The van der Waals surface area contributed by atoms with Gasteiger partial charge in [-0.25, -0.2) is 13.1 Å². The summed E-state index contributed by atoms with van der Waals surface area (Å²) in [5.74, 6) is 0.597. The van der Waals surface area contributed by atoms with E-state index in [1.54, 1.807) is 18.4 Å². The Hall–Kier alpha value is -0.430. The number of nitrogens with one attached hydrogen (secondary N) is 3. The van der Waals surface area contributed by atoms with E-state index in [4.69, 9.17) is 4.74 Å². The summed E-state index contributed by atoms with van der Waals surface area (Å²) in [6.45, 7) is 6.40. The van der Waals surface area contributed by atoms with Gasteiger partial charge in [0.15, 0.2) is 5.96 Å². The lowest BCUT2D eigenvalue weighted by Gasteiger charge is -2.25. The van der Waals surface area contributed by atoms with Crippen molar-refractivity contribution in [2.75, 3.05) is 39.0 Å². The second-order valence-electron chi connectivity index (χ2n) is 7.37. The molecule has 1 aliphatic heterocycles. The van der Waals surface area contributed by atoms with Crippen molar-refractivity contribution < 1.29 is 13.2 Å². The summed E-state index contributed by atoms with van der Waals surface area (Å²) in [6, 6.07) is 4.17. The van der Waals surface area contributed by atoms with Gasteiger partial charge in [-0.2, -0.15) is 0 Å². The number of hydrogen-bond donors (Lipinski definition) is 3. The standard InChI is InChI=1S/C18H32N4O3S2.HI/c1-18(2,16-8-6-11-26-16)14-21-17(19-3)20-9-12-27(23,24)22-13-15-7-4-5-10-25-15;/h6,8,11,15,22H,4-5,7,9-10,12-14H2,1-3H3,(H2,19,20,21);1H.